The number of nitrogens with zero attached hydrogens (tertiary/aromatic N) is 2. The van der Waals surface area contributed by atoms with Crippen molar-refractivity contribution in [3.8, 4) is 0 Å². The Morgan fingerprint density at radius 3 is 2.64 bits per heavy atom. The average Bonchev–Trinajstić information content (AvgIpc) is 2.39. The molecule has 4 nitrogen and oxygen atoms in total. The minimum Gasteiger partial charge on any atom is -0.395 e. The van der Waals surface area contributed by atoms with Crippen LogP contribution in [0.1, 0.15) is 12.6 Å². The first-order valence-electron chi connectivity index (χ1n) is 4.27. The first-order valence-corrected chi connectivity index (χ1v) is 5.02. The molecule has 80 valence electrons. The Labute approximate surface area is 92.8 Å². The molecule has 1 rings (SSSR count). The van der Waals surface area contributed by atoms with Gasteiger partial charge >= 0.3 is 0 Å². The van der Waals surface area contributed by atoms with Crippen LogP contribution in [-0.2, 0) is 13.6 Å². The van der Waals surface area contributed by atoms with Crippen molar-refractivity contribution in [1.82, 2.24) is 14.9 Å². The smallest absolute Gasteiger partial charge is 0.204 e. The number of aliphatic hydroxyl groups is 1. The summed E-state index contributed by atoms with van der Waals surface area (Å²) >= 11 is 11.6. The molecule has 1 heterocycles. The normalized spacial score (nSPS) is 13.2. The highest BCUT2D eigenvalue weighted by atomic mass is 35.5. The Kier molecular flexibility index (Phi) is 4.19. The lowest BCUT2D eigenvalue weighted by Crippen LogP contribution is -2.29. The standard InChI is InChI=1S/C8H13Cl2N3O/c1-5(4-14)11-3-6-7(9)12-8(10)13(6)2/h5,11,14H,3-4H2,1-2H3/t5-/m1/s1. The van der Waals surface area contributed by atoms with Crippen LogP contribution in [0.2, 0.25) is 10.4 Å². The number of rotatable bonds is 4. The summed E-state index contributed by atoms with van der Waals surface area (Å²) < 4.78 is 1.71. The molecule has 0 aliphatic rings. The Balaban J connectivity index is 2.67. The van der Waals surface area contributed by atoms with E-state index in [1.54, 1.807) is 11.6 Å². The molecule has 0 spiro atoms. The van der Waals surface area contributed by atoms with Gasteiger partial charge < -0.3 is 15.0 Å². The van der Waals surface area contributed by atoms with Crippen LogP contribution >= 0.6 is 23.2 Å². The van der Waals surface area contributed by atoms with Gasteiger partial charge in [-0.2, -0.15) is 0 Å². The van der Waals surface area contributed by atoms with E-state index in [2.05, 4.69) is 10.3 Å². The molecular weight excluding hydrogens is 225 g/mol. The highest BCUT2D eigenvalue weighted by Crippen LogP contribution is 2.18. The number of hydrogen-bond acceptors (Lipinski definition) is 3. The summed E-state index contributed by atoms with van der Waals surface area (Å²) in [4.78, 5) is 3.91. The van der Waals surface area contributed by atoms with Crippen molar-refractivity contribution in [1.29, 1.82) is 0 Å². The molecule has 0 bridgehead atoms. The zero-order valence-corrected chi connectivity index (χ0v) is 9.60. The number of aliphatic hydroxyl groups excluding tert-OH is 1. The molecule has 2 N–H and O–H groups in total. The van der Waals surface area contributed by atoms with Gasteiger partial charge in [0, 0.05) is 19.6 Å². The van der Waals surface area contributed by atoms with Crippen molar-refractivity contribution in [3.63, 3.8) is 0 Å². The van der Waals surface area contributed by atoms with Crippen LogP contribution in [-0.4, -0.2) is 27.3 Å². The maximum Gasteiger partial charge on any atom is 0.204 e. The third-order valence-corrected chi connectivity index (χ3v) is 2.64. The zero-order valence-electron chi connectivity index (χ0n) is 8.09. The van der Waals surface area contributed by atoms with Gasteiger partial charge in [-0.15, -0.1) is 0 Å². The lowest BCUT2D eigenvalue weighted by Gasteiger charge is -2.10. The van der Waals surface area contributed by atoms with Crippen molar-refractivity contribution >= 4 is 23.2 Å². The van der Waals surface area contributed by atoms with E-state index in [1.807, 2.05) is 6.92 Å². The van der Waals surface area contributed by atoms with Gasteiger partial charge in [0.15, 0.2) is 5.15 Å². The molecule has 0 aliphatic carbocycles. The van der Waals surface area contributed by atoms with Gasteiger partial charge in [0.1, 0.15) is 0 Å². The van der Waals surface area contributed by atoms with Gasteiger partial charge in [-0.3, -0.25) is 0 Å². The zero-order chi connectivity index (χ0) is 10.7. The second kappa shape index (κ2) is 4.98. The topological polar surface area (TPSA) is 50.1 Å². The highest BCUT2D eigenvalue weighted by Gasteiger charge is 2.11. The fourth-order valence-electron chi connectivity index (χ4n) is 0.997. The second-order valence-corrected chi connectivity index (χ2v) is 3.84. The van der Waals surface area contributed by atoms with Crippen molar-refractivity contribution in [2.45, 2.75) is 19.5 Å². The monoisotopic (exact) mass is 237 g/mol. The van der Waals surface area contributed by atoms with Gasteiger partial charge in [-0.1, -0.05) is 11.6 Å². The fourth-order valence-corrected chi connectivity index (χ4v) is 1.50. The first-order chi connectivity index (χ1) is 6.56. The van der Waals surface area contributed by atoms with E-state index in [1.165, 1.54) is 0 Å². The van der Waals surface area contributed by atoms with Gasteiger partial charge in [0.2, 0.25) is 5.28 Å². The van der Waals surface area contributed by atoms with E-state index in [0.717, 1.165) is 5.69 Å². The summed E-state index contributed by atoms with van der Waals surface area (Å²) in [5.74, 6) is 0. The summed E-state index contributed by atoms with van der Waals surface area (Å²) in [6, 6.07) is 0.0275. The molecule has 0 radical (unpaired) electrons. The third-order valence-electron chi connectivity index (χ3n) is 2.00. The van der Waals surface area contributed by atoms with E-state index in [0.29, 0.717) is 17.0 Å². The molecular formula is C8H13Cl2N3O. The van der Waals surface area contributed by atoms with E-state index >= 15 is 0 Å². The van der Waals surface area contributed by atoms with Crippen LogP contribution in [0.25, 0.3) is 0 Å². The molecule has 6 heteroatoms. The number of imidazole rings is 1. The Morgan fingerprint density at radius 2 is 2.21 bits per heavy atom. The molecule has 1 aromatic heterocycles. The third kappa shape index (κ3) is 2.60. The molecule has 0 unspecified atom stereocenters. The van der Waals surface area contributed by atoms with E-state index in [9.17, 15) is 0 Å². The van der Waals surface area contributed by atoms with Crippen molar-refractivity contribution in [2.75, 3.05) is 6.61 Å². The SMILES string of the molecule is C[C@H](CO)NCc1c(Cl)nc(Cl)n1C. The molecule has 0 saturated heterocycles. The van der Waals surface area contributed by atoms with Crippen LogP contribution in [0.5, 0.6) is 0 Å². The average molecular weight is 238 g/mol. The lowest BCUT2D eigenvalue weighted by molar-refractivity contribution is 0.250. The van der Waals surface area contributed by atoms with Crippen LogP contribution in [0.3, 0.4) is 0 Å². The maximum atomic E-state index is 8.81. The molecule has 1 atom stereocenters. The predicted molar refractivity (Wildman–Crippen MR) is 56.6 cm³/mol. The number of aromatic nitrogens is 2. The minimum absolute atomic E-state index is 0.0275. The molecule has 0 aromatic carbocycles. The van der Waals surface area contributed by atoms with Gasteiger partial charge in [0.05, 0.1) is 12.3 Å². The van der Waals surface area contributed by atoms with Crippen LogP contribution in [0, 0.1) is 0 Å². The lowest BCUT2D eigenvalue weighted by atomic mass is 10.3. The molecule has 1 aromatic rings. The molecule has 0 aliphatic heterocycles. The quantitative estimate of drug-likeness (QED) is 0.828. The van der Waals surface area contributed by atoms with Gasteiger partial charge in [0.25, 0.3) is 0 Å². The Hall–Kier alpha value is -0.290. The first kappa shape index (κ1) is 11.8. The minimum atomic E-state index is 0.0275. The Bertz CT molecular complexity index is 314. The van der Waals surface area contributed by atoms with Crippen molar-refractivity contribution < 1.29 is 5.11 Å². The predicted octanol–water partition coefficient (Wildman–Crippen LogP) is 1.20. The maximum absolute atomic E-state index is 8.81. The highest BCUT2D eigenvalue weighted by molar-refractivity contribution is 6.32. The van der Waals surface area contributed by atoms with E-state index in [-0.39, 0.29) is 12.6 Å². The summed E-state index contributed by atoms with van der Waals surface area (Å²) in [6.07, 6.45) is 0. The number of halogens is 2. The van der Waals surface area contributed by atoms with E-state index in [4.69, 9.17) is 28.3 Å². The van der Waals surface area contributed by atoms with Crippen LogP contribution in [0.4, 0.5) is 0 Å². The van der Waals surface area contributed by atoms with Crippen LogP contribution in [0.15, 0.2) is 0 Å². The molecule has 0 saturated carbocycles. The second-order valence-electron chi connectivity index (χ2n) is 3.14. The number of hydrogen-bond donors (Lipinski definition) is 2. The summed E-state index contributed by atoms with van der Waals surface area (Å²) in [7, 11) is 1.79. The molecule has 0 amide bonds. The van der Waals surface area contributed by atoms with Crippen LogP contribution < -0.4 is 5.32 Å². The fraction of sp³-hybridized carbons (Fsp3) is 0.625. The van der Waals surface area contributed by atoms with Gasteiger partial charge in [-0.05, 0) is 18.5 Å². The largest absolute Gasteiger partial charge is 0.395 e. The van der Waals surface area contributed by atoms with E-state index < -0.39 is 0 Å². The Morgan fingerprint density at radius 1 is 1.57 bits per heavy atom. The molecule has 14 heavy (non-hydrogen) atoms. The summed E-state index contributed by atoms with van der Waals surface area (Å²) in [5, 5.41) is 12.7. The van der Waals surface area contributed by atoms with Crippen molar-refractivity contribution in [2.24, 2.45) is 7.05 Å². The summed E-state index contributed by atoms with van der Waals surface area (Å²) in [6.45, 7) is 2.51. The number of nitrogens with one attached hydrogen (secondary N) is 1. The van der Waals surface area contributed by atoms with Crippen molar-refractivity contribution in [3.05, 3.63) is 16.1 Å². The molecule has 0 fully saturated rings. The van der Waals surface area contributed by atoms with Gasteiger partial charge in [-0.25, -0.2) is 4.98 Å². The summed E-state index contributed by atoms with van der Waals surface area (Å²) in [5.41, 5.74) is 0.817.